The Balaban J connectivity index is 1.38. The smallest absolute Gasteiger partial charge is 0.350 e. The van der Waals surface area contributed by atoms with E-state index in [9.17, 15) is 19.5 Å². The van der Waals surface area contributed by atoms with Crippen molar-refractivity contribution in [1.82, 2.24) is 4.98 Å². The van der Waals surface area contributed by atoms with Gasteiger partial charge in [0, 0.05) is 5.56 Å². The number of Topliss-reactive ketones (excluding diaryl/α,β-unsaturated/α-hetero) is 1. The number of aliphatic hydroxyl groups is 1. The van der Waals surface area contributed by atoms with E-state index in [2.05, 4.69) is 11.6 Å². The SMILES string of the molecule is C=CCOC(=O)c1sc(N2C(=O)C(=O)/C(=C(/O)c3ccc(OCc4cccc(C)c4)cc3)C2c2ccc(OCc3ccccc3)c(OC)c2)nc1C. The van der Waals surface area contributed by atoms with Crippen LogP contribution < -0.4 is 19.1 Å². The van der Waals surface area contributed by atoms with Crippen molar-refractivity contribution in [2.75, 3.05) is 18.6 Å². The van der Waals surface area contributed by atoms with E-state index in [1.54, 1.807) is 49.4 Å². The number of esters is 1. The van der Waals surface area contributed by atoms with Crippen molar-refractivity contribution in [2.24, 2.45) is 0 Å². The lowest BCUT2D eigenvalue weighted by Crippen LogP contribution is -2.29. The number of aromatic nitrogens is 1. The molecule has 0 radical (unpaired) electrons. The van der Waals surface area contributed by atoms with E-state index in [1.807, 2.05) is 61.5 Å². The highest BCUT2D eigenvalue weighted by molar-refractivity contribution is 7.17. The Morgan fingerprint density at radius 1 is 0.904 bits per heavy atom. The van der Waals surface area contributed by atoms with Gasteiger partial charge in [-0.05, 0) is 66.9 Å². The first kappa shape index (κ1) is 35.6. The average Bonchev–Trinajstić information content (AvgIpc) is 3.67. The standard InChI is InChI=1S/C41H36N2O8S/c1-5-20-49-40(47)38-26(3)42-41(52-38)43-35(30-16-19-32(33(22-30)48-4)51-23-27-11-7-6-8-12-27)34(37(45)39(43)46)36(44)29-14-17-31(18-15-29)50-24-28-13-9-10-25(2)21-28/h5-19,21-22,35,44H,1,20,23-24H2,2-4H3/b36-34+. The van der Waals surface area contributed by atoms with Crippen molar-refractivity contribution < 1.29 is 38.4 Å². The van der Waals surface area contributed by atoms with Crippen molar-refractivity contribution in [3.05, 3.63) is 154 Å². The Hall–Kier alpha value is -6.20. The number of aryl methyl sites for hydroxylation is 2. The van der Waals surface area contributed by atoms with Crippen LogP contribution in [0.3, 0.4) is 0 Å². The van der Waals surface area contributed by atoms with Crippen molar-refractivity contribution >= 4 is 39.9 Å². The van der Waals surface area contributed by atoms with Gasteiger partial charge in [0.05, 0.1) is 24.4 Å². The number of benzene rings is 4. The van der Waals surface area contributed by atoms with Gasteiger partial charge in [0.25, 0.3) is 5.78 Å². The minimum absolute atomic E-state index is 0.00966. The van der Waals surface area contributed by atoms with Crippen LogP contribution in [0.1, 0.15) is 49.2 Å². The van der Waals surface area contributed by atoms with Gasteiger partial charge in [0.1, 0.15) is 36.2 Å². The first-order valence-electron chi connectivity index (χ1n) is 16.4. The third-order valence-electron chi connectivity index (χ3n) is 8.31. The molecule has 1 aromatic heterocycles. The highest BCUT2D eigenvalue weighted by Crippen LogP contribution is 2.45. The molecule has 264 valence electrons. The van der Waals surface area contributed by atoms with Crippen LogP contribution in [0.2, 0.25) is 0 Å². The molecule has 0 aliphatic carbocycles. The lowest BCUT2D eigenvalue weighted by atomic mass is 9.95. The summed E-state index contributed by atoms with van der Waals surface area (Å²) >= 11 is 0.911. The van der Waals surface area contributed by atoms with Crippen LogP contribution in [0.25, 0.3) is 5.76 Å². The number of rotatable bonds is 13. The predicted molar refractivity (Wildman–Crippen MR) is 198 cm³/mol. The van der Waals surface area contributed by atoms with Crippen LogP contribution in [-0.4, -0.2) is 41.5 Å². The van der Waals surface area contributed by atoms with E-state index < -0.39 is 29.5 Å². The molecule has 0 spiro atoms. The molecule has 1 atom stereocenters. The van der Waals surface area contributed by atoms with Crippen molar-refractivity contribution in [1.29, 1.82) is 0 Å². The van der Waals surface area contributed by atoms with E-state index >= 15 is 0 Å². The number of aliphatic hydroxyl groups excluding tert-OH is 1. The number of thiazole rings is 1. The van der Waals surface area contributed by atoms with Crippen molar-refractivity contribution in [3.63, 3.8) is 0 Å². The maximum absolute atomic E-state index is 13.9. The molecule has 10 nitrogen and oxygen atoms in total. The van der Waals surface area contributed by atoms with E-state index in [1.165, 1.54) is 18.1 Å². The van der Waals surface area contributed by atoms with Crippen LogP contribution >= 0.6 is 11.3 Å². The number of nitrogens with zero attached hydrogens (tertiary/aromatic N) is 2. The third-order valence-corrected chi connectivity index (χ3v) is 9.45. The summed E-state index contributed by atoms with van der Waals surface area (Å²) in [4.78, 5) is 46.4. The summed E-state index contributed by atoms with van der Waals surface area (Å²) in [5.41, 5.74) is 3.97. The maximum Gasteiger partial charge on any atom is 0.350 e. The molecule has 5 aromatic rings. The Morgan fingerprint density at radius 2 is 1.63 bits per heavy atom. The lowest BCUT2D eigenvalue weighted by Gasteiger charge is -2.24. The zero-order chi connectivity index (χ0) is 36.8. The normalized spacial score (nSPS) is 15.0. The highest BCUT2D eigenvalue weighted by Gasteiger charge is 2.48. The van der Waals surface area contributed by atoms with Crippen molar-refractivity contribution in [3.8, 4) is 17.2 Å². The Kier molecular flexibility index (Phi) is 10.8. The average molecular weight is 717 g/mol. The number of hydrogen-bond acceptors (Lipinski definition) is 10. The molecule has 11 heteroatoms. The molecule has 0 saturated carbocycles. The van der Waals surface area contributed by atoms with Crippen molar-refractivity contribution in [2.45, 2.75) is 33.1 Å². The number of ether oxygens (including phenoxy) is 4. The largest absolute Gasteiger partial charge is 0.507 e. The minimum Gasteiger partial charge on any atom is -0.507 e. The number of carbonyl (C=O) groups is 3. The second-order valence-electron chi connectivity index (χ2n) is 12.0. The molecule has 1 aliphatic heterocycles. The number of hydrogen-bond donors (Lipinski definition) is 1. The fourth-order valence-corrected chi connectivity index (χ4v) is 6.75. The van der Waals surface area contributed by atoms with Gasteiger partial charge in [-0.3, -0.25) is 14.5 Å². The minimum atomic E-state index is -1.14. The molecule has 1 unspecified atom stereocenters. The zero-order valence-corrected chi connectivity index (χ0v) is 29.6. The first-order chi connectivity index (χ1) is 25.2. The quantitative estimate of drug-likeness (QED) is 0.0426. The molecule has 1 N–H and O–H groups in total. The van der Waals surface area contributed by atoms with Gasteiger partial charge in [-0.2, -0.15) is 0 Å². The van der Waals surface area contributed by atoms with Gasteiger partial charge in [0.2, 0.25) is 0 Å². The molecule has 1 aliphatic rings. The number of ketones is 1. The van der Waals surface area contributed by atoms with Gasteiger partial charge in [-0.25, -0.2) is 9.78 Å². The summed E-state index contributed by atoms with van der Waals surface area (Å²) < 4.78 is 22.9. The van der Waals surface area contributed by atoms with Gasteiger partial charge in [-0.1, -0.05) is 90.2 Å². The van der Waals surface area contributed by atoms with Gasteiger partial charge in [-0.15, -0.1) is 0 Å². The predicted octanol–water partition coefficient (Wildman–Crippen LogP) is 7.90. The van der Waals surface area contributed by atoms with Crippen LogP contribution in [-0.2, 0) is 27.5 Å². The van der Waals surface area contributed by atoms with E-state index in [0.29, 0.717) is 40.7 Å². The Labute approximate surface area is 305 Å². The number of amides is 1. The van der Waals surface area contributed by atoms with Crippen LogP contribution in [0.4, 0.5) is 5.13 Å². The monoisotopic (exact) mass is 716 g/mol. The van der Waals surface area contributed by atoms with Crippen LogP contribution in [0.15, 0.2) is 115 Å². The Bertz CT molecular complexity index is 2160. The van der Waals surface area contributed by atoms with Gasteiger partial charge < -0.3 is 24.1 Å². The topological polar surface area (TPSA) is 124 Å². The maximum atomic E-state index is 13.9. The number of carbonyl (C=O) groups excluding carboxylic acids is 3. The van der Waals surface area contributed by atoms with E-state index in [-0.39, 0.29) is 28.8 Å². The van der Waals surface area contributed by atoms with E-state index in [4.69, 9.17) is 18.9 Å². The fourth-order valence-electron chi connectivity index (χ4n) is 5.76. The summed E-state index contributed by atoms with van der Waals surface area (Å²) in [5.74, 6) is -1.54. The molecular weight excluding hydrogens is 681 g/mol. The number of anilines is 1. The summed E-state index contributed by atoms with van der Waals surface area (Å²) in [6.07, 6.45) is 1.44. The van der Waals surface area contributed by atoms with Gasteiger partial charge in [0.15, 0.2) is 16.6 Å². The first-order valence-corrected chi connectivity index (χ1v) is 17.2. The molecule has 4 aromatic carbocycles. The zero-order valence-electron chi connectivity index (χ0n) is 28.8. The molecule has 1 saturated heterocycles. The highest BCUT2D eigenvalue weighted by atomic mass is 32.1. The molecule has 2 heterocycles. The second kappa shape index (κ2) is 15.8. The molecular formula is C41H36N2O8S. The molecule has 1 fully saturated rings. The van der Waals surface area contributed by atoms with Crippen LogP contribution in [0, 0.1) is 13.8 Å². The summed E-state index contributed by atoms with van der Waals surface area (Å²) in [5, 5.41) is 11.8. The molecule has 6 rings (SSSR count). The van der Waals surface area contributed by atoms with Crippen LogP contribution in [0.5, 0.6) is 17.2 Å². The van der Waals surface area contributed by atoms with Gasteiger partial charge >= 0.3 is 11.9 Å². The molecule has 1 amide bonds. The summed E-state index contributed by atoms with van der Waals surface area (Å²) in [7, 11) is 1.49. The third kappa shape index (κ3) is 7.59. The fraction of sp³-hybridized carbons (Fsp3) is 0.171. The second-order valence-corrected chi connectivity index (χ2v) is 12.9. The lowest BCUT2D eigenvalue weighted by molar-refractivity contribution is -0.132. The summed E-state index contributed by atoms with van der Waals surface area (Å²) in [6, 6.07) is 28.1. The molecule has 52 heavy (non-hydrogen) atoms. The van der Waals surface area contributed by atoms with E-state index in [0.717, 1.165) is 28.0 Å². The number of methoxy groups -OCH3 is 1. The molecule has 0 bridgehead atoms. The Morgan fingerprint density at radius 3 is 2.35 bits per heavy atom. The summed E-state index contributed by atoms with van der Waals surface area (Å²) in [6.45, 7) is 7.81.